The van der Waals surface area contributed by atoms with Crippen LogP contribution in [-0.4, -0.2) is 27.5 Å². The first kappa shape index (κ1) is 14.4. The summed E-state index contributed by atoms with van der Waals surface area (Å²) in [5.74, 6) is 0. The van der Waals surface area contributed by atoms with E-state index in [0.29, 0.717) is 10.8 Å². The van der Waals surface area contributed by atoms with E-state index in [-0.39, 0.29) is 18.4 Å². The highest BCUT2D eigenvalue weighted by Gasteiger charge is 2.23. The summed E-state index contributed by atoms with van der Waals surface area (Å²) in [7, 11) is -3.32. The molecule has 1 atom stereocenters. The maximum absolute atomic E-state index is 11.9. The standard InChI is InChI=1S/C8H11BrN2O2S2.ClH/c9-7-1-2-8(14-7)15(12,13)11-6-3-4-10-5-6;/h1-2,6,10-11H,3-5H2;1H/t6-;/m0./s1. The number of hydrogen-bond acceptors (Lipinski definition) is 4. The summed E-state index contributed by atoms with van der Waals surface area (Å²) in [4.78, 5) is 0. The second kappa shape index (κ2) is 5.79. The molecule has 1 aliphatic rings. The second-order valence-corrected chi connectivity index (χ2v) is 7.77. The highest BCUT2D eigenvalue weighted by Crippen LogP contribution is 2.26. The van der Waals surface area contributed by atoms with E-state index in [1.807, 2.05) is 0 Å². The monoisotopic (exact) mass is 346 g/mol. The molecule has 92 valence electrons. The van der Waals surface area contributed by atoms with E-state index in [4.69, 9.17) is 0 Å². The van der Waals surface area contributed by atoms with E-state index >= 15 is 0 Å². The summed E-state index contributed by atoms with van der Waals surface area (Å²) in [6.07, 6.45) is 0.853. The Morgan fingerprint density at radius 3 is 2.75 bits per heavy atom. The number of halogens is 2. The largest absolute Gasteiger partial charge is 0.315 e. The van der Waals surface area contributed by atoms with Crippen molar-refractivity contribution >= 4 is 49.7 Å². The fraction of sp³-hybridized carbons (Fsp3) is 0.500. The molecule has 1 aliphatic heterocycles. The molecule has 1 fully saturated rings. The molecular formula is C8H12BrClN2O2S2. The van der Waals surface area contributed by atoms with Gasteiger partial charge in [0.05, 0.1) is 3.79 Å². The normalized spacial score (nSPS) is 20.7. The van der Waals surface area contributed by atoms with Crippen LogP contribution in [0, 0.1) is 0 Å². The van der Waals surface area contributed by atoms with Crippen LogP contribution >= 0.6 is 39.7 Å². The predicted octanol–water partition coefficient (Wildman–Crippen LogP) is 1.57. The van der Waals surface area contributed by atoms with Gasteiger partial charge in [0.25, 0.3) is 0 Å². The molecule has 0 unspecified atom stereocenters. The molecule has 1 saturated heterocycles. The van der Waals surface area contributed by atoms with Gasteiger partial charge in [-0.3, -0.25) is 0 Å². The second-order valence-electron chi connectivity index (χ2n) is 3.37. The van der Waals surface area contributed by atoms with E-state index < -0.39 is 10.0 Å². The number of hydrogen-bond donors (Lipinski definition) is 2. The summed E-state index contributed by atoms with van der Waals surface area (Å²) in [5, 5.41) is 3.12. The average molecular weight is 348 g/mol. The van der Waals surface area contributed by atoms with Crippen LogP contribution in [-0.2, 0) is 10.0 Å². The molecule has 1 aromatic heterocycles. The summed E-state index contributed by atoms with van der Waals surface area (Å²) in [6, 6.07) is 3.38. The van der Waals surface area contributed by atoms with Crippen LogP contribution in [0.4, 0.5) is 0 Å². The van der Waals surface area contributed by atoms with Crippen LogP contribution in [0.1, 0.15) is 6.42 Å². The van der Waals surface area contributed by atoms with Crippen LogP contribution in [0.15, 0.2) is 20.1 Å². The number of nitrogens with one attached hydrogen (secondary N) is 2. The lowest BCUT2D eigenvalue weighted by molar-refractivity contribution is 0.562. The third kappa shape index (κ3) is 3.41. The zero-order valence-electron chi connectivity index (χ0n) is 8.27. The van der Waals surface area contributed by atoms with Gasteiger partial charge in [0, 0.05) is 12.6 Å². The summed E-state index contributed by atoms with van der Waals surface area (Å²) in [6.45, 7) is 1.59. The van der Waals surface area contributed by atoms with Crippen molar-refractivity contribution in [3.63, 3.8) is 0 Å². The number of thiophene rings is 1. The number of sulfonamides is 1. The van der Waals surface area contributed by atoms with E-state index in [1.165, 1.54) is 11.3 Å². The van der Waals surface area contributed by atoms with Gasteiger partial charge in [-0.05, 0) is 41.0 Å². The van der Waals surface area contributed by atoms with Crippen LogP contribution in [0.3, 0.4) is 0 Å². The molecule has 2 N–H and O–H groups in total. The Bertz CT molecular complexity index is 443. The van der Waals surface area contributed by atoms with Gasteiger partial charge < -0.3 is 5.32 Å². The minimum atomic E-state index is -3.32. The third-order valence-corrected chi connectivity index (χ3v) is 5.83. The van der Waals surface area contributed by atoms with Crippen molar-refractivity contribution in [3.8, 4) is 0 Å². The van der Waals surface area contributed by atoms with Crippen molar-refractivity contribution in [1.82, 2.24) is 10.0 Å². The lowest BCUT2D eigenvalue weighted by Gasteiger charge is -2.10. The fourth-order valence-electron chi connectivity index (χ4n) is 1.47. The zero-order valence-corrected chi connectivity index (χ0v) is 12.3. The summed E-state index contributed by atoms with van der Waals surface area (Å²) >= 11 is 4.48. The molecule has 0 aromatic carbocycles. The Balaban J connectivity index is 0.00000128. The molecule has 0 bridgehead atoms. The smallest absolute Gasteiger partial charge is 0.250 e. The average Bonchev–Trinajstić information content (AvgIpc) is 2.75. The molecule has 16 heavy (non-hydrogen) atoms. The Kier molecular flexibility index (Phi) is 5.21. The van der Waals surface area contributed by atoms with E-state index in [2.05, 4.69) is 26.0 Å². The van der Waals surface area contributed by atoms with Gasteiger partial charge in [0.2, 0.25) is 10.0 Å². The van der Waals surface area contributed by atoms with Crippen molar-refractivity contribution in [3.05, 3.63) is 15.9 Å². The number of rotatable bonds is 3. The molecule has 2 rings (SSSR count). The van der Waals surface area contributed by atoms with Gasteiger partial charge in [-0.25, -0.2) is 13.1 Å². The van der Waals surface area contributed by atoms with Crippen LogP contribution in [0.2, 0.25) is 0 Å². The van der Waals surface area contributed by atoms with Gasteiger partial charge in [-0.1, -0.05) is 0 Å². The van der Waals surface area contributed by atoms with Crippen LogP contribution in [0.5, 0.6) is 0 Å². The summed E-state index contributed by atoms with van der Waals surface area (Å²) < 4.78 is 27.6. The maximum atomic E-state index is 11.9. The topological polar surface area (TPSA) is 58.2 Å². The highest BCUT2D eigenvalue weighted by molar-refractivity contribution is 9.11. The van der Waals surface area contributed by atoms with E-state index in [1.54, 1.807) is 12.1 Å². The van der Waals surface area contributed by atoms with Crippen molar-refractivity contribution in [2.24, 2.45) is 0 Å². The molecule has 0 aliphatic carbocycles. The van der Waals surface area contributed by atoms with Gasteiger partial charge in [0.1, 0.15) is 4.21 Å². The molecule has 4 nitrogen and oxygen atoms in total. The molecule has 1 aromatic rings. The zero-order chi connectivity index (χ0) is 10.9. The SMILES string of the molecule is Cl.O=S(=O)(N[C@H]1CCNC1)c1ccc(Br)s1. The first-order chi connectivity index (χ1) is 7.08. The van der Waals surface area contributed by atoms with Crippen molar-refractivity contribution in [2.45, 2.75) is 16.7 Å². The Hall–Kier alpha value is 0.340. The molecule has 2 heterocycles. The van der Waals surface area contributed by atoms with Gasteiger partial charge in [-0.15, -0.1) is 23.7 Å². The highest BCUT2D eigenvalue weighted by atomic mass is 79.9. The van der Waals surface area contributed by atoms with E-state index in [0.717, 1.165) is 16.8 Å². The van der Waals surface area contributed by atoms with E-state index in [9.17, 15) is 8.42 Å². The third-order valence-electron chi connectivity index (χ3n) is 2.20. The molecule has 0 amide bonds. The van der Waals surface area contributed by atoms with Crippen LogP contribution < -0.4 is 10.0 Å². The first-order valence-electron chi connectivity index (χ1n) is 4.56. The molecule has 0 spiro atoms. The van der Waals surface area contributed by atoms with Crippen LogP contribution in [0.25, 0.3) is 0 Å². The minimum absolute atomic E-state index is 0. The Labute approximate surface area is 113 Å². The Morgan fingerprint density at radius 2 is 2.25 bits per heavy atom. The minimum Gasteiger partial charge on any atom is -0.315 e. The van der Waals surface area contributed by atoms with Crippen molar-refractivity contribution in [1.29, 1.82) is 0 Å². The first-order valence-corrected chi connectivity index (χ1v) is 7.65. The van der Waals surface area contributed by atoms with Crippen molar-refractivity contribution < 1.29 is 8.42 Å². The van der Waals surface area contributed by atoms with Crippen molar-refractivity contribution in [2.75, 3.05) is 13.1 Å². The lowest BCUT2D eigenvalue weighted by Crippen LogP contribution is -2.35. The molecule has 8 heteroatoms. The predicted molar refractivity (Wildman–Crippen MR) is 70.9 cm³/mol. The molecular weight excluding hydrogens is 336 g/mol. The fourth-order valence-corrected chi connectivity index (χ4v) is 4.77. The lowest BCUT2D eigenvalue weighted by atomic mass is 10.3. The Morgan fingerprint density at radius 1 is 1.50 bits per heavy atom. The molecule has 0 radical (unpaired) electrons. The maximum Gasteiger partial charge on any atom is 0.250 e. The summed E-state index contributed by atoms with van der Waals surface area (Å²) in [5.41, 5.74) is 0. The van der Waals surface area contributed by atoms with Gasteiger partial charge in [0.15, 0.2) is 0 Å². The van der Waals surface area contributed by atoms with Gasteiger partial charge >= 0.3 is 0 Å². The van der Waals surface area contributed by atoms with Gasteiger partial charge in [-0.2, -0.15) is 0 Å². The molecule has 0 saturated carbocycles. The quantitative estimate of drug-likeness (QED) is 0.872.